The van der Waals surface area contributed by atoms with Crippen LogP contribution in [0.2, 0.25) is 5.02 Å². The SMILES string of the molecule is NC/C=C/CNC(=O)Nc1ccc(Cl)cc1. The molecular weight excluding hydrogens is 226 g/mol. The third-order valence-electron chi connectivity index (χ3n) is 1.79. The molecule has 1 rings (SSSR count). The lowest BCUT2D eigenvalue weighted by Gasteiger charge is -2.05. The summed E-state index contributed by atoms with van der Waals surface area (Å²) in [5, 5.41) is 5.96. The van der Waals surface area contributed by atoms with Gasteiger partial charge in [-0.2, -0.15) is 0 Å². The topological polar surface area (TPSA) is 67.1 Å². The predicted molar refractivity (Wildman–Crippen MR) is 66.7 cm³/mol. The van der Waals surface area contributed by atoms with Gasteiger partial charge in [-0.25, -0.2) is 4.79 Å². The minimum atomic E-state index is -0.260. The van der Waals surface area contributed by atoms with Crippen molar-refractivity contribution >= 4 is 23.3 Å². The van der Waals surface area contributed by atoms with Gasteiger partial charge in [0.2, 0.25) is 0 Å². The second kappa shape index (κ2) is 6.87. The number of urea groups is 1. The molecule has 0 bridgehead atoms. The Bertz CT molecular complexity index is 362. The number of carbonyl (C=O) groups excluding carboxylic acids is 1. The van der Waals surface area contributed by atoms with Crippen LogP contribution in [0.3, 0.4) is 0 Å². The van der Waals surface area contributed by atoms with Gasteiger partial charge < -0.3 is 16.4 Å². The molecule has 86 valence electrons. The lowest BCUT2D eigenvalue weighted by atomic mass is 10.3. The van der Waals surface area contributed by atoms with E-state index in [1.54, 1.807) is 36.4 Å². The predicted octanol–water partition coefficient (Wildman–Crippen LogP) is 1.98. The molecule has 0 spiro atoms. The molecule has 0 saturated heterocycles. The van der Waals surface area contributed by atoms with Gasteiger partial charge >= 0.3 is 6.03 Å². The summed E-state index contributed by atoms with van der Waals surface area (Å²) in [4.78, 5) is 11.3. The molecule has 0 heterocycles. The van der Waals surface area contributed by atoms with Crippen molar-refractivity contribution in [1.82, 2.24) is 5.32 Å². The molecule has 16 heavy (non-hydrogen) atoms. The van der Waals surface area contributed by atoms with Crippen LogP contribution < -0.4 is 16.4 Å². The van der Waals surface area contributed by atoms with Crippen LogP contribution in [0.25, 0.3) is 0 Å². The molecule has 5 heteroatoms. The third-order valence-corrected chi connectivity index (χ3v) is 2.04. The molecule has 4 N–H and O–H groups in total. The Labute approximate surface area is 99.5 Å². The van der Waals surface area contributed by atoms with Crippen LogP contribution in [-0.4, -0.2) is 19.1 Å². The smallest absolute Gasteiger partial charge is 0.319 e. The summed E-state index contributed by atoms with van der Waals surface area (Å²) in [6, 6.07) is 6.63. The van der Waals surface area contributed by atoms with Gasteiger partial charge in [-0.3, -0.25) is 0 Å². The molecule has 1 aromatic carbocycles. The van der Waals surface area contributed by atoms with E-state index in [0.29, 0.717) is 23.8 Å². The number of hydrogen-bond donors (Lipinski definition) is 3. The molecule has 0 aliphatic rings. The van der Waals surface area contributed by atoms with Crippen LogP contribution in [0.15, 0.2) is 36.4 Å². The zero-order chi connectivity index (χ0) is 11.8. The van der Waals surface area contributed by atoms with E-state index in [2.05, 4.69) is 10.6 Å². The molecule has 0 aliphatic heterocycles. The number of anilines is 1. The fourth-order valence-electron chi connectivity index (χ4n) is 1.04. The summed E-state index contributed by atoms with van der Waals surface area (Å²) < 4.78 is 0. The summed E-state index contributed by atoms with van der Waals surface area (Å²) >= 11 is 5.72. The highest BCUT2D eigenvalue weighted by molar-refractivity contribution is 6.30. The second-order valence-electron chi connectivity index (χ2n) is 3.05. The molecular formula is C11H14ClN3O. The normalized spacial score (nSPS) is 10.4. The summed E-state index contributed by atoms with van der Waals surface area (Å²) in [5.41, 5.74) is 5.95. The van der Waals surface area contributed by atoms with Gasteiger partial charge in [0, 0.05) is 23.8 Å². The first-order valence-corrected chi connectivity index (χ1v) is 5.25. The van der Waals surface area contributed by atoms with Gasteiger partial charge in [-0.15, -0.1) is 0 Å². The molecule has 0 fully saturated rings. The quantitative estimate of drug-likeness (QED) is 0.704. The highest BCUT2D eigenvalue weighted by atomic mass is 35.5. The minimum Gasteiger partial charge on any atom is -0.334 e. The first kappa shape index (κ1) is 12.5. The number of carbonyl (C=O) groups is 1. The van der Waals surface area contributed by atoms with Crippen LogP contribution in [0.5, 0.6) is 0 Å². The van der Waals surface area contributed by atoms with Crippen LogP contribution in [0, 0.1) is 0 Å². The van der Waals surface area contributed by atoms with Gasteiger partial charge in [0.25, 0.3) is 0 Å². The molecule has 0 saturated carbocycles. The van der Waals surface area contributed by atoms with Crippen molar-refractivity contribution in [3.63, 3.8) is 0 Å². The lowest BCUT2D eigenvalue weighted by molar-refractivity contribution is 0.253. The maximum Gasteiger partial charge on any atom is 0.319 e. The van der Waals surface area contributed by atoms with Crippen molar-refractivity contribution in [3.05, 3.63) is 41.4 Å². The molecule has 0 aromatic heterocycles. The number of halogens is 1. The van der Waals surface area contributed by atoms with Crippen molar-refractivity contribution in [2.75, 3.05) is 18.4 Å². The first-order valence-electron chi connectivity index (χ1n) is 4.88. The van der Waals surface area contributed by atoms with E-state index in [1.807, 2.05) is 0 Å². The Morgan fingerprint density at radius 1 is 1.31 bits per heavy atom. The Morgan fingerprint density at radius 2 is 2.00 bits per heavy atom. The van der Waals surface area contributed by atoms with Crippen LogP contribution in [-0.2, 0) is 0 Å². The largest absolute Gasteiger partial charge is 0.334 e. The van der Waals surface area contributed by atoms with E-state index < -0.39 is 0 Å². The molecule has 1 aromatic rings. The molecule has 4 nitrogen and oxygen atoms in total. The fraction of sp³-hybridized carbons (Fsp3) is 0.182. The van der Waals surface area contributed by atoms with Gasteiger partial charge in [0.1, 0.15) is 0 Å². The van der Waals surface area contributed by atoms with Crippen molar-refractivity contribution in [2.24, 2.45) is 5.73 Å². The molecule has 0 aliphatic carbocycles. The van der Waals surface area contributed by atoms with Gasteiger partial charge in [0.15, 0.2) is 0 Å². The van der Waals surface area contributed by atoms with Crippen LogP contribution in [0.1, 0.15) is 0 Å². The monoisotopic (exact) mass is 239 g/mol. The number of rotatable bonds is 4. The number of nitrogens with one attached hydrogen (secondary N) is 2. The minimum absolute atomic E-state index is 0.260. The standard InChI is InChI=1S/C11H14ClN3O/c12-9-3-5-10(6-4-9)15-11(16)14-8-2-1-7-13/h1-6H,7-8,13H2,(H2,14,15,16)/b2-1+. The summed E-state index contributed by atoms with van der Waals surface area (Å²) in [6.07, 6.45) is 3.57. The van der Waals surface area contributed by atoms with Crippen molar-refractivity contribution in [3.8, 4) is 0 Å². The average Bonchev–Trinajstić information content (AvgIpc) is 2.28. The Balaban J connectivity index is 2.34. The van der Waals surface area contributed by atoms with E-state index in [9.17, 15) is 4.79 Å². The summed E-state index contributed by atoms with van der Waals surface area (Å²) in [5.74, 6) is 0. The maximum absolute atomic E-state index is 11.3. The summed E-state index contributed by atoms with van der Waals surface area (Å²) in [6.45, 7) is 0.928. The Kier molecular flexibility index (Phi) is 5.39. The fourth-order valence-corrected chi connectivity index (χ4v) is 1.17. The number of benzene rings is 1. The highest BCUT2D eigenvalue weighted by Crippen LogP contribution is 2.12. The Hall–Kier alpha value is -1.52. The van der Waals surface area contributed by atoms with Crippen LogP contribution >= 0.6 is 11.6 Å². The van der Waals surface area contributed by atoms with Gasteiger partial charge in [0.05, 0.1) is 0 Å². The third kappa shape index (κ3) is 4.82. The van der Waals surface area contributed by atoms with Crippen molar-refractivity contribution < 1.29 is 4.79 Å². The summed E-state index contributed by atoms with van der Waals surface area (Å²) in [7, 11) is 0. The average molecular weight is 240 g/mol. The van der Waals surface area contributed by atoms with E-state index in [-0.39, 0.29) is 6.03 Å². The second-order valence-corrected chi connectivity index (χ2v) is 3.49. The Morgan fingerprint density at radius 3 is 2.62 bits per heavy atom. The van der Waals surface area contributed by atoms with Gasteiger partial charge in [-0.1, -0.05) is 23.8 Å². The lowest BCUT2D eigenvalue weighted by Crippen LogP contribution is -2.28. The highest BCUT2D eigenvalue weighted by Gasteiger charge is 1.98. The molecule has 0 atom stereocenters. The van der Waals surface area contributed by atoms with E-state index in [4.69, 9.17) is 17.3 Å². The number of nitrogens with two attached hydrogens (primary N) is 1. The van der Waals surface area contributed by atoms with E-state index in [0.717, 1.165) is 0 Å². The molecule has 2 amide bonds. The van der Waals surface area contributed by atoms with E-state index >= 15 is 0 Å². The zero-order valence-electron chi connectivity index (χ0n) is 8.74. The van der Waals surface area contributed by atoms with E-state index in [1.165, 1.54) is 0 Å². The number of amides is 2. The molecule has 0 radical (unpaired) electrons. The van der Waals surface area contributed by atoms with Crippen LogP contribution in [0.4, 0.5) is 10.5 Å². The van der Waals surface area contributed by atoms with Crippen molar-refractivity contribution in [1.29, 1.82) is 0 Å². The first-order chi connectivity index (χ1) is 7.72. The van der Waals surface area contributed by atoms with Crippen molar-refractivity contribution in [2.45, 2.75) is 0 Å². The maximum atomic E-state index is 11.3. The zero-order valence-corrected chi connectivity index (χ0v) is 9.50. The molecule has 0 unspecified atom stereocenters. The number of hydrogen-bond acceptors (Lipinski definition) is 2. The van der Waals surface area contributed by atoms with Gasteiger partial charge in [-0.05, 0) is 24.3 Å².